The van der Waals surface area contributed by atoms with E-state index in [0.29, 0.717) is 13.0 Å². The molecule has 18 heavy (non-hydrogen) atoms. The van der Waals surface area contributed by atoms with Gasteiger partial charge in [-0.3, -0.25) is 0 Å². The minimum Gasteiger partial charge on any atom is -0.382 e. The van der Waals surface area contributed by atoms with Gasteiger partial charge in [0, 0.05) is 21.2 Å². The summed E-state index contributed by atoms with van der Waals surface area (Å²) in [5.41, 5.74) is 2.03. The van der Waals surface area contributed by atoms with E-state index in [1.165, 1.54) is 0 Å². The number of sulfone groups is 1. The van der Waals surface area contributed by atoms with Crippen molar-refractivity contribution in [1.29, 1.82) is 0 Å². The van der Waals surface area contributed by atoms with E-state index in [-0.39, 0.29) is 11.5 Å². The maximum atomic E-state index is 11.6. The van der Waals surface area contributed by atoms with Crippen molar-refractivity contribution in [2.45, 2.75) is 20.3 Å². The van der Waals surface area contributed by atoms with Gasteiger partial charge in [-0.1, -0.05) is 6.92 Å². The Balaban J connectivity index is 2.65. The lowest BCUT2D eigenvalue weighted by atomic mass is 10.2. The zero-order valence-electron chi connectivity index (χ0n) is 10.5. The largest absolute Gasteiger partial charge is 0.382 e. The molecule has 0 heterocycles. The van der Waals surface area contributed by atoms with Gasteiger partial charge in [0.1, 0.15) is 0 Å². The molecule has 0 spiro atoms. The van der Waals surface area contributed by atoms with Crippen molar-refractivity contribution in [2.24, 2.45) is 0 Å². The summed E-state index contributed by atoms with van der Waals surface area (Å²) >= 11 is 6.93. The van der Waals surface area contributed by atoms with Gasteiger partial charge in [0.05, 0.1) is 11.4 Å². The number of rotatable bonds is 6. The van der Waals surface area contributed by atoms with Crippen molar-refractivity contribution in [3.05, 3.63) is 26.6 Å². The first kappa shape index (κ1) is 16.0. The molecule has 0 fully saturated rings. The Labute approximate surface area is 126 Å². The molecular weight excluding hydrogens is 382 g/mol. The third kappa shape index (κ3) is 4.90. The first-order chi connectivity index (χ1) is 8.35. The minimum atomic E-state index is -2.93. The SMILES string of the molecule is CCCS(=O)(=O)CCNc1c(Br)cc(C)cc1Br. The van der Waals surface area contributed by atoms with Crippen LogP contribution in [0.3, 0.4) is 0 Å². The third-order valence-corrected chi connectivity index (χ3v) is 5.52. The van der Waals surface area contributed by atoms with Gasteiger partial charge in [-0.25, -0.2) is 8.42 Å². The average Bonchev–Trinajstić information content (AvgIpc) is 2.21. The van der Waals surface area contributed by atoms with E-state index < -0.39 is 9.84 Å². The zero-order valence-corrected chi connectivity index (χ0v) is 14.5. The summed E-state index contributed by atoms with van der Waals surface area (Å²) in [4.78, 5) is 0. The van der Waals surface area contributed by atoms with Crippen LogP contribution in [0.2, 0.25) is 0 Å². The molecule has 0 atom stereocenters. The highest BCUT2D eigenvalue weighted by Crippen LogP contribution is 2.32. The molecule has 1 N–H and O–H groups in total. The van der Waals surface area contributed by atoms with Crippen molar-refractivity contribution in [3.8, 4) is 0 Å². The second-order valence-electron chi connectivity index (χ2n) is 4.18. The summed E-state index contributed by atoms with van der Waals surface area (Å²) in [7, 11) is -2.93. The molecule has 102 valence electrons. The molecule has 6 heteroatoms. The molecule has 0 amide bonds. The standard InChI is InChI=1S/C12H17Br2NO2S/c1-3-5-18(16,17)6-4-15-12-10(13)7-9(2)8-11(12)14/h7-8,15H,3-6H2,1-2H3. The third-order valence-electron chi connectivity index (χ3n) is 2.42. The molecule has 3 nitrogen and oxygen atoms in total. The Morgan fingerprint density at radius 2 is 1.72 bits per heavy atom. The average molecular weight is 399 g/mol. The molecular formula is C12H17Br2NO2S. The van der Waals surface area contributed by atoms with Crippen molar-refractivity contribution in [2.75, 3.05) is 23.4 Å². The first-order valence-corrected chi connectivity index (χ1v) is 9.16. The second kappa shape index (κ2) is 6.91. The van der Waals surface area contributed by atoms with Crippen LogP contribution in [0, 0.1) is 6.92 Å². The molecule has 0 saturated heterocycles. The van der Waals surface area contributed by atoms with Gasteiger partial charge in [0.15, 0.2) is 9.84 Å². The first-order valence-electron chi connectivity index (χ1n) is 5.75. The van der Waals surface area contributed by atoms with Gasteiger partial charge in [0.25, 0.3) is 0 Å². The fraction of sp³-hybridized carbons (Fsp3) is 0.500. The summed E-state index contributed by atoms with van der Waals surface area (Å²) in [6.45, 7) is 4.30. The van der Waals surface area contributed by atoms with Crippen LogP contribution in [0.4, 0.5) is 5.69 Å². The number of nitrogens with one attached hydrogen (secondary N) is 1. The van der Waals surface area contributed by atoms with Gasteiger partial charge in [-0.05, 0) is 62.9 Å². The summed E-state index contributed by atoms with van der Waals surface area (Å²) in [5, 5.41) is 3.15. The summed E-state index contributed by atoms with van der Waals surface area (Å²) in [6, 6.07) is 3.99. The highest BCUT2D eigenvalue weighted by Gasteiger charge is 2.10. The molecule has 0 bridgehead atoms. The zero-order chi connectivity index (χ0) is 13.8. The van der Waals surface area contributed by atoms with Crippen LogP contribution in [0.15, 0.2) is 21.1 Å². The predicted molar refractivity (Wildman–Crippen MR) is 84.0 cm³/mol. The number of anilines is 1. The smallest absolute Gasteiger partial charge is 0.152 e. The number of hydrogen-bond donors (Lipinski definition) is 1. The highest BCUT2D eigenvalue weighted by atomic mass is 79.9. The van der Waals surface area contributed by atoms with Crippen LogP contribution in [0.1, 0.15) is 18.9 Å². The van der Waals surface area contributed by atoms with E-state index in [0.717, 1.165) is 20.2 Å². The topological polar surface area (TPSA) is 46.2 Å². The highest BCUT2D eigenvalue weighted by molar-refractivity contribution is 9.11. The number of hydrogen-bond acceptors (Lipinski definition) is 3. The Hall–Kier alpha value is -0.0700. The molecule has 0 radical (unpaired) electrons. The molecule has 0 unspecified atom stereocenters. The summed E-state index contributed by atoms with van der Waals surface area (Å²) in [5.74, 6) is 0.415. The Bertz CT molecular complexity index is 492. The van der Waals surface area contributed by atoms with Crippen LogP contribution >= 0.6 is 31.9 Å². The second-order valence-corrected chi connectivity index (χ2v) is 8.19. The molecule has 0 aliphatic carbocycles. The number of benzene rings is 1. The van der Waals surface area contributed by atoms with Crippen LogP contribution < -0.4 is 5.32 Å². The van der Waals surface area contributed by atoms with Crippen LogP contribution in [0.5, 0.6) is 0 Å². The lowest BCUT2D eigenvalue weighted by Crippen LogP contribution is -2.18. The van der Waals surface area contributed by atoms with E-state index in [9.17, 15) is 8.42 Å². The van der Waals surface area contributed by atoms with Gasteiger partial charge in [-0.15, -0.1) is 0 Å². The van der Waals surface area contributed by atoms with Crippen LogP contribution in [-0.2, 0) is 9.84 Å². The van der Waals surface area contributed by atoms with E-state index in [1.54, 1.807) is 0 Å². The minimum absolute atomic E-state index is 0.160. The molecule has 1 aromatic carbocycles. The van der Waals surface area contributed by atoms with Gasteiger partial charge in [-0.2, -0.15) is 0 Å². The number of aryl methyl sites for hydroxylation is 1. The quantitative estimate of drug-likeness (QED) is 0.793. The Morgan fingerprint density at radius 1 is 1.17 bits per heavy atom. The van der Waals surface area contributed by atoms with Crippen molar-refractivity contribution in [1.82, 2.24) is 0 Å². The van der Waals surface area contributed by atoms with Crippen LogP contribution in [0.25, 0.3) is 0 Å². The van der Waals surface area contributed by atoms with Crippen molar-refractivity contribution in [3.63, 3.8) is 0 Å². The predicted octanol–water partition coefficient (Wildman–Crippen LogP) is 3.76. The Kier molecular flexibility index (Phi) is 6.14. The van der Waals surface area contributed by atoms with E-state index in [4.69, 9.17) is 0 Å². The van der Waals surface area contributed by atoms with Gasteiger partial charge < -0.3 is 5.32 Å². The summed E-state index contributed by atoms with van der Waals surface area (Å²) in [6.07, 6.45) is 0.667. The maximum Gasteiger partial charge on any atom is 0.152 e. The lowest BCUT2D eigenvalue weighted by molar-refractivity contribution is 0.595. The lowest BCUT2D eigenvalue weighted by Gasteiger charge is -2.12. The maximum absolute atomic E-state index is 11.6. The van der Waals surface area contributed by atoms with E-state index in [1.807, 2.05) is 26.0 Å². The molecule has 1 rings (SSSR count). The molecule has 0 aromatic heterocycles. The monoisotopic (exact) mass is 397 g/mol. The van der Waals surface area contributed by atoms with E-state index >= 15 is 0 Å². The normalized spacial score (nSPS) is 11.6. The van der Waals surface area contributed by atoms with Gasteiger partial charge >= 0.3 is 0 Å². The molecule has 0 saturated carbocycles. The fourth-order valence-corrected chi connectivity index (χ4v) is 4.55. The van der Waals surface area contributed by atoms with E-state index in [2.05, 4.69) is 37.2 Å². The summed E-state index contributed by atoms with van der Waals surface area (Å²) < 4.78 is 25.0. The number of halogens is 2. The molecule has 1 aromatic rings. The molecule has 0 aliphatic heterocycles. The fourth-order valence-electron chi connectivity index (χ4n) is 1.61. The van der Waals surface area contributed by atoms with Crippen molar-refractivity contribution < 1.29 is 8.42 Å². The Morgan fingerprint density at radius 3 is 2.22 bits per heavy atom. The van der Waals surface area contributed by atoms with Crippen LogP contribution in [-0.4, -0.2) is 26.5 Å². The van der Waals surface area contributed by atoms with Crippen molar-refractivity contribution >= 4 is 47.4 Å². The van der Waals surface area contributed by atoms with Gasteiger partial charge in [0.2, 0.25) is 0 Å². The molecule has 0 aliphatic rings.